The molecule has 16 heavy (non-hydrogen) atoms. The van der Waals surface area contributed by atoms with Crippen LogP contribution < -0.4 is 0 Å². The highest BCUT2D eigenvalue weighted by atomic mass is 16.5. The first kappa shape index (κ1) is 12.3. The minimum Gasteiger partial charge on any atom is -0.374 e. The summed E-state index contributed by atoms with van der Waals surface area (Å²) in [7, 11) is 2.19. The Morgan fingerprint density at radius 1 is 1.19 bits per heavy atom. The van der Waals surface area contributed by atoms with Crippen molar-refractivity contribution in [1.29, 1.82) is 0 Å². The van der Waals surface area contributed by atoms with Crippen molar-refractivity contribution in [3.05, 3.63) is 0 Å². The van der Waals surface area contributed by atoms with E-state index >= 15 is 0 Å². The first-order valence-corrected chi connectivity index (χ1v) is 6.80. The monoisotopic (exact) mass is 226 g/mol. The molecule has 0 N–H and O–H groups in total. The lowest BCUT2D eigenvalue weighted by molar-refractivity contribution is -0.0394. The molecular formula is C13H26N2O. The lowest BCUT2D eigenvalue weighted by Crippen LogP contribution is -2.47. The van der Waals surface area contributed by atoms with Gasteiger partial charge in [-0.3, -0.25) is 0 Å². The molecule has 2 fully saturated rings. The average Bonchev–Trinajstić information content (AvgIpc) is 2.30. The molecule has 0 aliphatic carbocycles. The highest BCUT2D eigenvalue weighted by molar-refractivity contribution is 4.77. The predicted octanol–water partition coefficient (Wildman–Crippen LogP) is 1.44. The van der Waals surface area contributed by atoms with E-state index in [0.717, 1.165) is 32.2 Å². The Hall–Kier alpha value is -0.120. The molecule has 0 bridgehead atoms. The summed E-state index contributed by atoms with van der Waals surface area (Å²) in [5, 5.41) is 0. The Labute approximate surface area is 99.7 Å². The lowest BCUT2D eigenvalue weighted by Gasteiger charge is -2.37. The van der Waals surface area contributed by atoms with Crippen LogP contribution in [0.15, 0.2) is 0 Å². The first-order valence-electron chi connectivity index (χ1n) is 6.80. The number of hydrogen-bond acceptors (Lipinski definition) is 3. The second-order valence-corrected chi connectivity index (χ2v) is 5.41. The summed E-state index contributed by atoms with van der Waals surface area (Å²) in [5.74, 6) is 0.978. The van der Waals surface area contributed by atoms with Gasteiger partial charge in [0.1, 0.15) is 0 Å². The molecule has 2 aliphatic rings. The zero-order valence-electron chi connectivity index (χ0n) is 10.8. The van der Waals surface area contributed by atoms with E-state index in [-0.39, 0.29) is 0 Å². The number of piperidine rings is 1. The summed E-state index contributed by atoms with van der Waals surface area (Å²) in [6.45, 7) is 9.12. The van der Waals surface area contributed by atoms with Crippen molar-refractivity contribution in [3.8, 4) is 0 Å². The summed E-state index contributed by atoms with van der Waals surface area (Å²) < 4.78 is 5.82. The molecule has 3 nitrogen and oxygen atoms in total. The van der Waals surface area contributed by atoms with Gasteiger partial charge >= 0.3 is 0 Å². The van der Waals surface area contributed by atoms with Gasteiger partial charge in [-0.25, -0.2) is 0 Å². The van der Waals surface area contributed by atoms with Crippen molar-refractivity contribution in [3.63, 3.8) is 0 Å². The average molecular weight is 226 g/mol. The van der Waals surface area contributed by atoms with Crippen molar-refractivity contribution in [2.45, 2.75) is 32.3 Å². The van der Waals surface area contributed by atoms with Crippen LogP contribution in [0.3, 0.4) is 0 Å². The third-order valence-electron chi connectivity index (χ3n) is 4.09. The first-order chi connectivity index (χ1) is 7.78. The van der Waals surface area contributed by atoms with Gasteiger partial charge in [0.15, 0.2) is 0 Å². The van der Waals surface area contributed by atoms with E-state index < -0.39 is 0 Å². The van der Waals surface area contributed by atoms with E-state index in [1.165, 1.54) is 32.4 Å². The molecule has 2 aliphatic heterocycles. The van der Waals surface area contributed by atoms with Crippen molar-refractivity contribution in [1.82, 2.24) is 9.80 Å². The zero-order valence-corrected chi connectivity index (χ0v) is 10.8. The van der Waals surface area contributed by atoms with Crippen molar-refractivity contribution >= 4 is 0 Å². The van der Waals surface area contributed by atoms with Crippen molar-refractivity contribution in [2.75, 3.05) is 46.4 Å². The Morgan fingerprint density at radius 2 is 1.94 bits per heavy atom. The molecule has 3 heteroatoms. The summed E-state index contributed by atoms with van der Waals surface area (Å²) in [5.41, 5.74) is 0. The lowest BCUT2D eigenvalue weighted by atomic mass is 9.94. The fourth-order valence-corrected chi connectivity index (χ4v) is 2.84. The SMILES string of the molecule is CCC1CCN(C[C@H]2CN(C)CCO2)CC1. The van der Waals surface area contributed by atoms with Crippen LogP contribution in [-0.4, -0.2) is 62.3 Å². The van der Waals surface area contributed by atoms with E-state index in [9.17, 15) is 0 Å². The fourth-order valence-electron chi connectivity index (χ4n) is 2.84. The normalized spacial score (nSPS) is 30.8. The topological polar surface area (TPSA) is 15.7 Å². The molecule has 0 spiro atoms. The molecule has 0 amide bonds. The van der Waals surface area contributed by atoms with Gasteiger partial charge < -0.3 is 14.5 Å². The van der Waals surface area contributed by atoms with Gasteiger partial charge in [0.2, 0.25) is 0 Å². The Balaban J connectivity index is 1.69. The maximum atomic E-state index is 5.82. The molecular weight excluding hydrogens is 200 g/mol. The molecule has 2 rings (SSSR count). The van der Waals surface area contributed by atoms with E-state index in [1.54, 1.807) is 0 Å². The van der Waals surface area contributed by atoms with Crippen molar-refractivity contribution < 1.29 is 4.74 Å². The van der Waals surface area contributed by atoms with E-state index in [4.69, 9.17) is 4.74 Å². The van der Waals surface area contributed by atoms with Gasteiger partial charge in [0, 0.05) is 19.6 Å². The second kappa shape index (κ2) is 5.99. The number of ether oxygens (including phenoxy) is 1. The summed E-state index contributed by atoms with van der Waals surface area (Å²) in [6.07, 6.45) is 4.58. The second-order valence-electron chi connectivity index (χ2n) is 5.41. The molecule has 0 aromatic rings. The van der Waals surface area contributed by atoms with Gasteiger partial charge in [-0.15, -0.1) is 0 Å². The van der Waals surface area contributed by atoms with Gasteiger partial charge in [0.25, 0.3) is 0 Å². The fraction of sp³-hybridized carbons (Fsp3) is 1.00. The number of nitrogens with zero attached hydrogens (tertiary/aromatic N) is 2. The van der Waals surface area contributed by atoms with Crippen LogP contribution in [0.5, 0.6) is 0 Å². The number of hydrogen-bond donors (Lipinski definition) is 0. The minimum absolute atomic E-state index is 0.442. The molecule has 94 valence electrons. The molecule has 2 heterocycles. The standard InChI is InChI=1S/C13H26N2O/c1-3-12-4-6-15(7-5-12)11-13-10-14(2)8-9-16-13/h12-13H,3-11H2,1-2H3/t13-/m1/s1. The predicted molar refractivity (Wildman–Crippen MR) is 66.7 cm³/mol. The van der Waals surface area contributed by atoms with Crippen LogP contribution in [0.25, 0.3) is 0 Å². The smallest absolute Gasteiger partial charge is 0.0829 e. The van der Waals surface area contributed by atoms with Gasteiger partial charge in [-0.1, -0.05) is 13.3 Å². The third-order valence-corrected chi connectivity index (χ3v) is 4.09. The molecule has 1 atom stereocenters. The Kier molecular flexibility index (Phi) is 4.62. The van der Waals surface area contributed by atoms with Crippen LogP contribution in [0.4, 0.5) is 0 Å². The molecule has 0 radical (unpaired) electrons. The van der Waals surface area contributed by atoms with Gasteiger partial charge in [-0.2, -0.15) is 0 Å². The number of rotatable bonds is 3. The highest BCUT2D eigenvalue weighted by Crippen LogP contribution is 2.20. The Morgan fingerprint density at radius 3 is 2.56 bits per heavy atom. The maximum absolute atomic E-state index is 5.82. The summed E-state index contributed by atoms with van der Waals surface area (Å²) in [6, 6.07) is 0. The van der Waals surface area contributed by atoms with Gasteiger partial charge in [-0.05, 0) is 38.9 Å². The van der Waals surface area contributed by atoms with Crippen LogP contribution in [0.1, 0.15) is 26.2 Å². The molecule has 0 saturated carbocycles. The molecule has 0 unspecified atom stereocenters. The van der Waals surface area contributed by atoms with E-state index in [0.29, 0.717) is 6.10 Å². The molecule has 0 aromatic heterocycles. The van der Waals surface area contributed by atoms with Crippen molar-refractivity contribution in [2.24, 2.45) is 5.92 Å². The quantitative estimate of drug-likeness (QED) is 0.724. The van der Waals surface area contributed by atoms with Crippen LogP contribution in [-0.2, 0) is 4.74 Å². The maximum Gasteiger partial charge on any atom is 0.0829 e. The minimum atomic E-state index is 0.442. The molecule has 2 saturated heterocycles. The Bertz CT molecular complexity index is 202. The number of likely N-dealkylation sites (tertiary alicyclic amines) is 1. The van der Waals surface area contributed by atoms with Crippen LogP contribution >= 0.6 is 0 Å². The number of morpholine rings is 1. The van der Waals surface area contributed by atoms with Gasteiger partial charge in [0.05, 0.1) is 12.7 Å². The van der Waals surface area contributed by atoms with Crippen LogP contribution in [0, 0.1) is 5.92 Å². The van der Waals surface area contributed by atoms with E-state index in [1.807, 2.05) is 0 Å². The highest BCUT2D eigenvalue weighted by Gasteiger charge is 2.23. The molecule has 0 aromatic carbocycles. The zero-order chi connectivity index (χ0) is 11.4. The van der Waals surface area contributed by atoms with E-state index in [2.05, 4.69) is 23.8 Å². The summed E-state index contributed by atoms with van der Waals surface area (Å²) >= 11 is 0. The van der Waals surface area contributed by atoms with Crippen LogP contribution in [0.2, 0.25) is 0 Å². The number of likely N-dealkylation sites (N-methyl/N-ethyl adjacent to an activating group) is 1. The third kappa shape index (κ3) is 3.44. The summed E-state index contributed by atoms with van der Waals surface area (Å²) in [4.78, 5) is 4.98. The largest absolute Gasteiger partial charge is 0.374 e.